The van der Waals surface area contributed by atoms with Crippen LogP contribution in [0, 0.1) is 13.8 Å². The fourth-order valence-electron chi connectivity index (χ4n) is 3.43. The van der Waals surface area contributed by atoms with Crippen LogP contribution in [0.15, 0.2) is 65.5 Å². The second kappa shape index (κ2) is 9.13. The zero-order valence-corrected chi connectivity index (χ0v) is 16.2. The standard InChI is InChI=1S/C23H25N3O2/c1-16-8-6-7-11-20(16)21(18-9-4-3-5-10-18)15-22(27)24-13-12-19-14-23(28)26-17(2)25-19/h3-11,14,21H,12-13,15H2,1-2H3,(H,24,27)(H,25,26,28)/t21-/m1/s1. The Morgan fingerprint density at radius 2 is 1.79 bits per heavy atom. The third-order valence-electron chi connectivity index (χ3n) is 4.77. The smallest absolute Gasteiger partial charge is 0.251 e. The first kappa shape index (κ1) is 19.5. The van der Waals surface area contributed by atoms with Gasteiger partial charge in [-0.1, -0.05) is 54.6 Å². The predicted octanol–water partition coefficient (Wildman–Crippen LogP) is 3.27. The van der Waals surface area contributed by atoms with Crippen LogP contribution in [0.25, 0.3) is 0 Å². The number of aromatic nitrogens is 2. The van der Waals surface area contributed by atoms with Gasteiger partial charge in [0.1, 0.15) is 5.82 Å². The van der Waals surface area contributed by atoms with Crippen molar-refractivity contribution in [1.29, 1.82) is 0 Å². The first-order chi connectivity index (χ1) is 13.5. The van der Waals surface area contributed by atoms with Crippen molar-refractivity contribution in [2.45, 2.75) is 32.6 Å². The number of nitrogens with one attached hydrogen (secondary N) is 2. The van der Waals surface area contributed by atoms with Gasteiger partial charge in [-0.15, -0.1) is 0 Å². The lowest BCUT2D eigenvalue weighted by atomic mass is 9.86. The van der Waals surface area contributed by atoms with Crippen molar-refractivity contribution in [3.05, 3.63) is 99.2 Å². The maximum Gasteiger partial charge on any atom is 0.251 e. The van der Waals surface area contributed by atoms with Crippen LogP contribution >= 0.6 is 0 Å². The summed E-state index contributed by atoms with van der Waals surface area (Å²) in [5, 5.41) is 2.97. The van der Waals surface area contributed by atoms with Gasteiger partial charge in [0.15, 0.2) is 0 Å². The molecule has 1 atom stereocenters. The quantitative estimate of drug-likeness (QED) is 0.666. The molecule has 0 aliphatic heterocycles. The van der Waals surface area contributed by atoms with E-state index in [9.17, 15) is 9.59 Å². The van der Waals surface area contributed by atoms with Crippen molar-refractivity contribution in [2.24, 2.45) is 0 Å². The van der Waals surface area contributed by atoms with Crippen LogP contribution in [0.3, 0.4) is 0 Å². The van der Waals surface area contributed by atoms with Crippen LogP contribution in [0.1, 0.15) is 40.5 Å². The fourth-order valence-corrected chi connectivity index (χ4v) is 3.43. The van der Waals surface area contributed by atoms with Crippen molar-refractivity contribution in [3.8, 4) is 0 Å². The summed E-state index contributed by atoms with van der Waals surface area (Å²) in [4.78, 5) is 31.1. The molecular formula is C23H25N3O2. The minimum atomic E-state index is -0.169. The summed E-state index contributed by atoms with van der Waals surface area (Å²) in [7, 11) is 0. The van der Waals surface area contributed by atoms with E-state index < -0.39 is 0 Å². The number of carbonyl (C=O) groups excluding carboxylic acids is 1. The molecule has 3 rings (SSSR count). The van der Waals surface area contributed by atoms with E-state index in [4.69, 9.17) is 0 Å². The first-order valence-electron chi connectivity index (χ1n) is 9.47. The maximum atomic E-state index is 12.6. The lowest BCUT2D eigenvalue weighted by Gasteiger charge is -2.20. The largest absolute Gasteiger partial charge is 0.356 e. The average molecular weight is 375 g/mol. The van der Waals surface area contributed by atoms with E-state index in [1.165, 1.54) is 11.6 Å². The highest BCUT2D eigenvalue weighted by Gasteiger charge is 2.19. The molecule has 2 aromatic carbocycles. The molecule has 0 saturated heterocycles. The molecule has 0 saturated carbocycles. The van der Waals surface area contributed by atoms with E-state index in [1.54, 1.807) is 6.92 Å². The number of amides is 1. The summed E-state index contributed by atoms with van der Waals surface area (Å²) in [6.07, 6.45) is 0.896. The molecule has 2 N–H and O–H groups in total. The highest BCUT2D eigenvalue weighted by Crippen LogP contribution is 2.30. The molecule has 3 aromatic rings. The second-order valence-electron chi connectivity index (χ2n) is 6.95. The highest BCUT2D eigenvalue weighted by atomic mass is 16.1. The molecule has 5 heteroatoms. The number of aromatic amines is 1. The van der Waals surface area contributed by atoms with Crippen LogP contribution < -0.4 is 10.9 Å². The van der Waals surface area contributed by atoms with Crippen LogP contribution in [-0.4, -0.2) is 22.4 Å². The summed E-state index contributed by atoms with van der Waals surface area (Å²) in [5.41, 5.74) is 3.97. The van der Waals surface area contributed by atoms with Gasteiger partial charge in [-0.05, 0) is 30.5 Å². The molecule has 0 aliphatic carbocycles. The van der Waals surface area contributed by atoms with Gasteiger partial charge < -0.3 is 10.3 Å². The Bertz CT molecular complexity index is 996. The van der Waals surface area contributed by atoms with Gasteiger partial charge in [0.05, 0.1) is 0 Å². The molecule has 144 valence electrons. The molecule has 1 heterocycles. The van der Waals surface area contributed by atoms with E-state index in [0.29, 0.717) is 30.9 Å². The lowest BCUT2D eigenvalue weighted by molar-refractivity contribution is -0.121. The molecule has 28 heavy (non-hydrogen) atoms. The molecule has 0 radical (unpaired) electrons. The Kier molecular flexibility index (Phi) is 6.37. The van der Waals surface area contributed by atoms with E-state index in [2.05, 4.69) is 46.5 Å². The van der Waals surface area contributed by atoms with Gasteiger partial charge in [-0.3, -0.25) is 9.59 Å². The Labute approximate surface area is 164 Å². The Hall–Kier alpha value is -3.21. The highest BCUT2D eigenvalue weighted by molar-refractivity contribution is 5.77. The summed E-state index contributed by atoms with van der Waals surface area (Å²) in [6.45, 7) is 4.27. The molecule has 5 nitrogen and oxygen atoms in total. The van der Waals surface area contributed by atoms with Crippen molar-refractivity contribution in [1.82, 2.24) is 15.3 Å². The molecule has 0 bridgehead atoms. The zero-order chi connectivity index (χ0) is 19.9. The van der Waals surface area contributed by atoms with Crippen molar-refractivity contribution >= 4 is 5.91 Å². The summed E-state index contributed by atoms with van der Waals surface area (Å²) < 4.78 is 0. The summed E-state index contributed by atoms with van der Waals surface area (Å²) in [5.74, 6) is 0.568. The van der Waals surface area contributed by atoms with Gasteiger partial charge in [-0.2, -0.15) is 0 Å². The van der Waals surface area contributed by atoms with Gasteiger partial charge >= 0.3 is 0 Å². The topological polar surface area (TPSA) is 74.8 Å². The van der Waals surface area contributed by atoms with Gasteiger partial charge in [0.25, 0.3) is 5.56 Å². The van der Waals surface area contributed by atoms with Crippen molar-refractivity contribution in [2.75, 3.05) is 6.54 Å². The predicted molar refractivity (Wildman–Crippen MR) is 110 cm³/mol. The molecule has 0 aliphatic rings. The number of rotatable bonds is 7. The molecule has 0 spiro atoms. The number of H-pyrrole nitrogens is 1. The summed E-state index contributed by atoms with van der Waals surface area (Å²) >= 11 is 0. The first-order valence-corrected chi connectivity index (χ1v) is 9.47. The Morgan fingerprint density at radius 1 is 1.07 bits per heavy atom. The third kappa shape index (κ3) is 5.16. The van der Waals surface area contributed by atoms with Gasteiger partial charge in [-0.25, -0.2) is 4.98 Å². The average Bonchev–Trinajstić information content (AvgIpc) is 2.67. The van der Waals surface area contributed by atoms with E-state index in [-0.39, 0.29) is 17.4 Å². The van der Waals surface area contributed by atoms with Crippen LogP contribution in [-0.2, 0) is 11.2 Å². The second-order valence-corrected chi connectivity index (χ2v) is 6.95. The van der Waals surface area contributed by atoms with E-state index in [0.717, 1.165) is 11.1 Å². The molecule has 0 unspecified atom stereocenters. The zero-order valence-electron chi connectivity index (χ0n) is 16.2. The number of hydrogen-bond donors (Lipinski definition) is 2. The molecule has 1 amide bonds. The normalized spacial score (nSPS) is 11.8. The SMILES string of the molecule is Cc1nc(CCNC(=O)C[C@H](c2ccccc2)c2ccccc2C)cc(=O)[nH]1. The van der Waals surface area contributed by atoms with E-state index in [1.807, 2.05) is 30.3 Å². The van der Waals surface area contributed by atoms with E-state index >= 15 is 0 Å². The van der Waals surface area contributed by atoms with Crippen molar-refractivity contribution in [3.63, 3.8) is 0 Å². The Morgan fingerprint density at radius 3 is 2.50 bits per heavy atom. The number of benzene rings is 2. The third-order valence-corrected chi connectivity index (χ3v) is 4.77. The number of nitrogens with zero attached hydrogens (tertiary/aromatic N) is 1. The Balaban J connectivity index is 1.68. The number of carbonyl (C=O) groups is 1. The maximum absolute atomic E-state index is 12.6. The van der Waals surface area contributed by atoms with Crippen LogP contribution in [0.5, 0.6) is 0 Å². The lowest BCUT2D eigenvalue weighted by Crippen LogP contribution is -2.28. The van der Waals surface area contributed by atoms with Crippen LogP contribution in [0.2, 0.25) is 0 Å². The number of aryl methyl sites for hydroxylation is 2. The minimum Gasteiger partial charge on any atom is -0.356 e. The monoisotopic (exact) mass is 375 g/mol. The van der Waals surface area contributed by atoms with Crippen LogP contribution in [0.4, 0.5) is 0 Å². The molecule has 1 aromatic heterocycles. The number of hydrogen-bond acceptors (Lipinski definition) is 3. The summed E-state index contributed by atoms with van der Waals surface area (Å²) in [6, 6.07) is 19.8. The molecular weight excluding hydrogens is 350 g/mol. The van der Waals surface area contributed by atoms with Gasteiger partial charge in [0, 0.05) is 37.1 Å². The van der Waals surface area contributed by atoms with Crippen molar-refractivity contribution < 1.29 is 4.79 Å². The fraction of sp³-hybridized carbons (Fsp3) is 0.261. The molecule has 0 fully saturated rings. The minimum absolute atomic E-state index is 0.00217. The van der Waals surface area contributed by atoms with Gasteiger partial charge in [0.2, 0.25) is 5.91 Å².